The maximum Gasteiger partial charge on any atom is 0.316 e. The lowest BCUT2D eigenvalue weighted by Gasteiger charge is -2.36. The third kappa shape index (κ3) is 11.6. The summed E-state index contributed by atoms with van der Waals surface area (Å²) in [5, 5.41) is 18.9. The van der Waals surface area contributed by atoms with Crippen molar-refractivity contribution in [3.63, 3.8) is 0 Å². The number of hydroxylamine groups is 1. The van der Waals surface area contributed by atoms with Crippen LogP contribution in [0, 0.1) is 51.0 Å². The molecular weight excluding hydrogens is 1230 g/mol. The minimum absolute atomic E-state index is 0.286. The average molecular weight is 1290 g/mol. The van der Waals surface area contributed by atoms with Crippen LogP contribution in [0.2, 0.25) is 0 Å². The van der Waals surface area contributed by atoms with Crippen molar-refractivity contribution >= 4 is 85.1 Å². The first kappa shape index (κ1) is 62.0. The molecule has 0 bridgehead atoms. The molecule has 4 aliphatic rings. The minimum Gasteiger partial charge on any atom is -0.481 e. The number of carboxylic acid groups (broad SMARTS) is 1. The van der Waals surface area contributed by atoms with Gasteiger partial charge in [-0.1, -0.05) is 48.5 Å². The van der Waals surface area contributed by atoms with Gasteiger partial charge >= 0.3 is 17.9 Å². The van der Waals surface area contributed by atoms with Crippen LogP contribution in [-0.2, 0) is 102 Å². The van der Waals surface area contributed by atoms with E-state index in [0.29, 0.717) is 110 Å². The van der Waals surface area contributed by atoms with E-state index < -0.39 is 33.5 Å². The summed E-state index contributed by atoms with van der Waals surface area (Å²) in [7, 11) is 2.78. The molecule has 0 fully saturated rings. The lowest BCUT2D eigenvalue weighted by molar-refractivity contribution is -0.149. The van der Waals surface area contributed by atoms with Crippen molar-refractivity contribution < 1.29 is 56.5 Å². The smallest absolute Gasteiger partial charge is 0.316 e. The summed E-state index contributed by atoms with van der Waals surface area (Å²) in [5.74, 6) is -3.25. The van der Waals surface area contributed by atoms with Gasteiger partial charge in [0.15, 0.2) is 3.92 Å². The Kier molecular flexibility index (Phi) is 18.9. The van der Waals surface area contributed by atoms with Crippen LogP contribution < -0.4 is 5.48 Å². The third-order valence-corrected chi connectivity index (χ3v) is 21.3. The molecule has 22 heteroatoms. The van der Waals surface area contributed by atoms with Gasteiger partial charge < -0.3 is 14.6 Å². The fourth-order valence-corrected chi connectivity index (χ4v) is 17.0. The second-order valence-corrected chi connectivity index (χ2v) is 26.6. The molecule has 13 nitrogen and oxygen atoms in total. The van der Waals surface area contributed by atoms with Gasteiger partial charge in [0.1, 0.15) is 23.3 Å². The maximum absolute atomic E-state index is 14.0. The zero-order chi connectivity index (χ0) is 60.3. The number of hydrogen-bond acceptors (Lipinski definition) is 15. The van der Waals surface area contributed by atoms with Crippen LogP contribution in [0.15, 0.2) is 93.2 Å². The Bertz CT molecular complexity index is 3670. The van der Waals surface area contributed by atoms with Gasteiger partial charge in [-0.15, -0.1) is 45.3 Å². The lowest BCUT2D eigenvalue weighted by atomic mass is 9.68. The predicted octanol–water partition coefficient (Wildman–Crippen LogP) is 12.8. The summed E-state index contributed by atoms with van der Waals surface area (Å²) < 4.78 is 66.6. The largest absolute Gasteiger partial charge is 0.481 e. The van der Waals surface area contributed by atoms with Crippen LogP contribution in [0.1, 0.15) is 112 Å². The number of aromatic nitrogens is 4. The number of rotatable bonds is 8. The van der Waals surface area contributed by atoms with E-state index >= 15 is 0 Å². The molecule has 0 saturated heterocycles. The molecule has 0 saturated carbocycles. The highest BCUT2D eigenvalue weighted by Gasteiger charge is 2.49. The summed E-state index contributed by atoms with van der Waals surface area (Å²) in [6.45, 7) is 6.75. The standard InChI is InChI=1S/C16H15BrFNO2S.C16H16FNO2S.C15H15FN2O2S.C15H14FNO2S/c1-9-10(4-3-5-11(9)18)16(14(20)21-2)7-6-12-13(8-16)22-15(17)19-12;1-10-11(4-3-5-12(10)17)16(15(19)20-2)7-6-13-14(8-16)21-9-18-13;1-9-10(3-2-4-11(9)16)15(14(19)18-20)6-5-12-13(7-15)21-8-17-12;1-9-10(3-2-4-11(9)16)15(14(18)19)6-5-12-13(7-15)20-8-17-12/h3-5H,6-8H2,1-2H3;3-5,9H,6-8H2,1-2H3;2-4,8,20H,5-7H2,1H3,(H,18,19);2-4,8H,5-7H2,1H3,(H,18,19). The van der Waals surface area contributed by atoms with E-state index in [1.54, 1.807) is 97.4 Å². The number of esters is 2. The van der Waals surface area contributed by atoms with Gasteiger partial charge in [-0.05, 0) is 164 Å². The summed E-state index contributed by atoms with van der Waals surface area (Å²) in [6.07, 6.45) is 6.66. The molecule has 4 aromatic carbocycles. The van der Waals surface area contributed by atoms with E-state index in [1.165, 1.54) is 72.5 Å². The van der Waals surface area contributed by atoms with Crippen LogP contribution in [0.4, 0.5) is 17.6 Å². The van der Waals surface area contributed by atoms with Gasteiger partial charge in [0.05, 0.1) is 75.2 Å². The van der Waals surface area contributed by atoms with Crippen molar-refractivity contribution in [2.45, 2.75) is 126 Å². The van der Waals surface area contributed by atoms with Crippen molar-refractivity contribution in [1.82, 2.24) is 25.4 Å². The van der Waals surface area contributed by atoms with Gasteiger partial charge in [0.2, 0.25) is 0 Å². The number of carboxylic acids is 1. The van der Waals surface area contributed by atoms with E-state index in [2.05, 4.69) is 35.9 Å². The number of carbonyl (C=O) groups excluding carboxylic acids is 3. The zero-order valence-corrected chi connectivity index (χ0v) is 51.7. The number of ether oxygens (including phenoxy) is 2. The van der Waals surface area contributed by atoms with E-state index in [0.717, 1.165) is 57.3 Å². The molecule has 440 valence electrons. The Labute approximate surface area is 507 Å². The fourth-order valence-electron chi connectivity index (χ4n) is 12.5. The second kappa shape index (κ2) is 25.6. The Hall–Kier alpha value is -6.56. The predicted molar refractivity (Wildman–Crippen MR) is 317 cm³/mol. The number of fused-ring (bicyclic) bond motifs is 4. The Morgan fingerprint density at radius 2 is 0.833 bits per heavy atom. The van der Waals surface area contributed by atoms with Gasteiger partial charge in [0.25, 0.3) is 5.91 Å². The number of hydrogen-bond donors (Lipinski definition) is 3. The normalized spacial score (nSPS) is 21.0. The van der Waals surface area contributed by atoms with Crippen molar-refractivity contribution in [2.24, 2.45) is 0 Å². The first-order chi connectivity index (χ1) is 40.2. The molecule has 4 atom stereocenters. The maximum atomic E-state index is 14.0. The number of methoxy groups -OCH3 is 2. The highest BCUT2D eigenvalue weighted by molar-refractivity contribution is 9.11. The molecule has 4 aliphatic carbocycles. The van der Waals surface area contributed by atoms with Gasteiger partial charge in [-0.2, -0.15) is 0 Å². The molecule has 84 heavy (non-hydrogen) atoms. The van der Waals surface area contributed by atoms with Crippen molar-refractivity contribution in [2.75, 3.05) is 14.2 Å². The van der Waals surface area contributed by atoms with Crippen LogP contribution in [0.5, 0.6) is 0 Å². The van der Waals surface area contributed by atoms with E-state index in [9.17, 15) is 41.8 Å². The molecular formula is C62H60BrF4N5O8S4. The molecule has 12 rings (SSSR count). The number of thiazole rings is 4. The first-order valence-electron chi connectivity index (χ1n) is 26.9. The average Bonchev–Trinajstić information content (AvgIpc) is 4.42. The molecule has 0 radical (unpaired) electrons. The van der Waals surface area contributed by atoms with Crippen molar-refractivity contribution in [3.8, 4) is 0 Å². The number of nitrogens with zero attached hydrogens (tertiary/aromatic N) is 4. The Morgan fingerprint density at radius 1 is 0.512 bits per heavy atom. The molecule has 3 N–H and O–H groups in total. The third-order valence-electron chi connectivity index (χ3n) is 17.2. The van der Waals surface area contributed by atoms with E-state index in [-0.39, 0.29) is 35.2 Å². The SMILES string of the molecule is COC(=O)C1(c2cccc(F)c2C)CCc2nc(Br)sc2C1.COC(=O)C1(c2cccc(F)c2C)CCc2ncsc2C1.Cc1c(F)cccc1C1(C(=O)NO)CCc2ncsc2C1.Cc1c(F)cccc1C1(C(=O)O)CCc2ncsc2C1. The summed E-state index contributed by atoms with van der Waals surface area (Å²) in [6, 6.07) is 19.3. The van der Waals surface area contributed by atoms with Crippen LogP contribution in [0.25, 0.3) is 0 Å². The minimum atomic E-state index is -1.04. The fraction of sp³-hybridized carbons (Fsp3) is 0.355. The second-order valence-electron chi connectivity index (χ2n) is 21.4. The summed E-state index contributed by atoms with van der Waals surface area (Å²) in [4.78, 5) is 71.0. The van der Waals surface area contributed by atoms with E-state index in [1.807, 2.05) is 12.1 Å². The molecule has 4 aromatic heterocycles. The number of amides is 1. The summed E-state index contributed by atoms with van der Waals surface area (Å²) in [5.41, 5.74) is 12.1. The Morgan fingerprint density at radius 3 is 1.21 bits per heavy atom. The molecule has 8 aromatic rings. The molecule has 0 spiro atoms. The number of halogens is 5. The number of aryl methyl sites for hydroxylation is 4. The van der Waals surface area contributed by atoms with Gasteiger partial charge in [-0.25, -0.2) is 43.0 Å². The molecule has 1 amide bonds. The lowest BCUT2D eigenvalue weighted by Crippen LogP contribution is -2.47. The molecule has 4 heterocycles. The molecule has 4 unspecified atom stereocenters. The highest BCUT2D eigenvalue weighted by Crippen LogP contribution is 2.47. The Balaban J connectivity index is 0.000000134. The number of aliphatic carboxylic acids is 1. The monoisotopic (exact) mass is 1290 g/mol. The zero-order valence-electron chi connectivity index (χ0n) is 46.8. The van der Waals surface area contributed by atoms with Crippen LogP contribution in [-0.4, -0.2) is 68.3 Å². The molecule has 0 aliphatic heterocycles. The highest BCUT2D eigenvalue weighted by atomic mass is 79.9. The first-order valence-corrected chi connectivity index (χ1v) is 31.2. The number of benzene rings is 4. The van der Waals surface area contributed by atoms with Crippen molar-refractivity contribution in [1.29, 1.82) is 0 Å². The quantitative estimate of drug-likeness (QED) is 0.0566. The number of carbonyl (C=O) groups is 4. The van der Waals surface area contributed by atoms with Gasteiger partial charge in [-0.3, -0.25) is 24.4 Å². The van der Waals surface area contributed by atoms with Crippen molar-refractivity contribution in [3.05, 3.63) is 203 Å². The summed E-state index contributed by atoms with van der Waals surface area (Å²) >= 11 is 9.45. The van der Waals surface area contributed by atoms with Crippen LogP contribution >= 0.6 is 61.3 Å². The van der Waals surface area contributed by atoms with Gasteiger partial charge in [0, 0.05) is 45.2 Å². The topological polar surface area (TPSA) is 191 Å². The van der Waals surface area contributed by atoms with Crippen LogP contribution in [0.3, 0.4) is 0 Å². The van der Waals surface area contributed by atoms with E-state index in [4.69, 9.17) is 14.7 Å². The number of nitrogens with one attached hydrogen (secondary N) is 1.